The highest BCUT2D eigenvalue weighted by molar-refractivity contribution is 6.35. The van der Waals surface area contributed by atoms with Crippen LogP contribution in [0, 0.1) is 0 Å². The van der Waals surface area contributed by atoms with Crippen molar-refractivity contribution in [3.8, 4) is 0 Å². The Hall–Kier alpha value is -0.730. The maximum atomic E-state index is 6.11. The molecule has 0 saturated carbocycles. The molecule has 0 atom stereocenters. The molecule has 0 radical (unpaired) electrons. The van der Waals surface area contributed by atoms with Gasteiger partial charge in [0.25, 0.3) is 0 Å². The summed E-state index contributed by atoms with van der Waals surface area (Å²) in [5, 5.41) is 4.72. The third-order valence-corrected chi connectivity index (χ3v) is 3.89. The van der Waals surface area contributed by atoms with Crippen LogP contribution in [0.25, 0.3) is 0 Å². The average molecular weight is 315 g/mol. The Bertz CT molecular complexity index is 517. The number of hydrogen-bond acceptors (Lipinski definition) is 1. The summed E-state index contributed by atoms with van der Waals surface area (Å²) in [6.45, 7) is 1.42. The van der Waals surface area contributed by atoms with Crippen molar-refractivity contribution in [2.45, 2.75) is 19.0 Å². The van der Waals surface area contributed by atoms with Crippen LogP contribution in [0.15, 0.2) is 42.5 Å². The summed E-state index contributed by atoms with van der Waals surface area (Å²) in [6, 6.07) is 13.7. The van der Waals surface area contributed by atoms with Crippen molar-refractivity contribution in [3.05, 3.63) is 69.2 Å². The van der Waals surface area contributed by atoms with Crippen molar-refractivity contribution in [2.24, 2.45) is 0 Å². The van der Waals surface area contributed by atoms with Crippen molar-refractivity contribution in [2.75, 3.05) is 0 Å². The molecular weight excluding hydrogens is 301 g/mol. The van der Waals surface area contributed by atoms with E-state index in [4.69, 9.17) is 34.8 Å². The molecule has 100 valence electrons. The van der Waals surface area contributed by atoms with Crippen molar-refractivity contribution in [1.82, 2.24) is 5.32 Å². The highest BCUT2D eigenvalue weighted by atomic mass is 35.5. The fourth-order valence-electron chi connectivity index (χ4n) is 1.78. The fourth-order valence-corrected chi connectivity index (χ4v) is 2.49. The quantitative estimate of drug-likeness (QED) is 0.764. The molecule has 0 aliphatic rings. The van der Waals surface area contributed by atoms with E-state index in [1.807, 2.05) is 30.3 Å². The molecule has 2 aromatic rings. The van der Waals surface area contributed by atoms with Crippen LogP contribution in [-0.4, -0.2) is 0 Å². The minimum Gasteiger partial charge on any atom is -0.309 e. The lowest BCUT2D eigenvalue weighted by Gasteiger charge is -2.09. The Balaban J connectivity index is 1.92. The van der Waals surface area contributed by atoms with Gasteiger partial charge in [-0.15, -0.1) is 11.6 Å². The summed E-state index contributed by atoms with van der Waals surface area (Å²) in [4.78, 5) is 0. The first-order valence-electron chi connectivity index (χ1n) is 5.98. The number of nitrogens with one attached hydrogen (secondary N) is 1. The molecule has 0 heterocycles. The zero-order valence-corrected chi connectivity index (χ0v) is 12.6. The van der Waals surface area contributed by atoms with Gasteiger partial charge >= 0.3 is 0 Å². The Labute approximate surface area is 128 Å². The summed E-state index contributed by atoms with van der Waals surface area (Å²) in [5.74, 6) is 0.545. The minimum absolute atomic E-state index is 0.545. The zero-order chi connectivity index (χ0) is 13.7. The smallest absolute Gasteiger partial charge is 0.0474 e. The second-order valence-electron chi connectivity index (χ2n) is 4.25. The van der Waals surface area contributed by atoms with Crippen LogP contribution in [0.3, 0.4) is 0 Å². The SMILES string of the molecule is ClCc1ccc(CNCc2c(Cl)cccc2Cl)cc1. The Kier molecular flexibility index (Phi) is 5.53. The van der Waals surface area contributed by atoms with Crippen LogP contribution in [0.4, 0.5) is 0 Å². The molecule has 0 aliphatic heterocycles. The molecule has 19 heavy (non-hydrogen) atoms. The van der Waals surface area contributed by atoms with Crippen molar-refractivity contribution in [3.63, 3.8) is 0 Å². The van der Waals surface area contributed by atoms with Gasteiger partial charge in [-0.25, -0.2) is 0 Å². The molecule has 2 rings (SSSR count). The third kappa shape index (κ3) is 4.12. The minimum atomic E-state index is 0.545. The van der Waals surface area contributed by atoms with Gasteiger partial charge < -0.3 is 5.32 Å². The summed E-state index contributed by atoms with van der Waals surface area (Å²) in [7, 11) is 0. The van der Waals surface area contributed by atoms with E-state index in [0.29, 0.717) is 22.5 Å². The van der Waals surface area contributed by atoms with Gasteiger partial charge in [0.1, 0.15) is 0 Å². The molecular formula is C15H14Cl3N. The van der Waals surface area contributed by atoms with Gasteiger partial charge in [0.15, 0.2) is 0 Å². The van der Waals surface area contributed by atoms with Crippen LogP contribution in [-0.2, 0) is 19.0 Å². The molecule has 0 saturated heterocycles. The molecule has 0 bridgehead atoms. The largest absolute Gasteiger partial charge is 0.309 e. The molecule has 4 heteroatoms. The maximum Gasteiger partial charge on any atom is 0.0474 e. The molecule has 0 aromatic heterocycles. The lowest BCUT2D eigenvalue weighted by molar-refractivity contribution is 0.693. The van der Waals surface area contributed by atoms with Gasteiger partial charge in [0.05, 0.1) is 0 Å². The highest BCUT2D eigenvalue weighted by Gasteiger charge is 2.04. The number of rotatable bonds is 5. The van der Waals surface area contributed by atoms with E-state index < -0.39 is 0 Å². The highest BCUT2D eigenvalue weighted by Crippen LogP contribution is 2.23. The third-order valence-electron chi connectivity index (χ3n) is 2.87. The van der Waals surface area contributed by atoms with Gasteiger partial charge in [-0.1, -0.05) is 53.5 Å². The van der Waals surface area contributed by atoms with Gasteiger partial charge in [-0.3, -0.25) is 0 Å². The fraction of sp³-hybridized carbons (Fsp3) is 0.200. The van der Waals surface area contributed by atoms with Crippen LogP contribution < -0.4 is 5.32 Å². The molecule has 0 spiro atoms. The van der Waals surface area contributed by atoms with Crippen LogP contribution in [0.1, 0.15) is 16.7 Å². The van der Waals surface area contributed by atoms with Crippen molar-refractivity contribution < 1.29 is 0 Å². The summed E-state index contributed by atoms with van der Waals surface area (Å²) in [5.41, 5.74) is 3.26. The molecule has 2 aromatic carbocycles. The normalized spacial score (nSPS) is 10.7. The summed E-state index contributed by atoms with van der Waals surface area (Å²) in [6.07, 6.45) is 0. The Morgan fingerprint density at radius 3 is 1.95 bits per heavy atom. The molecule has 0 amide bonds. The first kappa shape index (κ1) is 14.7. The lowest BCUT2D eigenvalue weighted by Crippen LogP contribution is -2.13. The summed E-state index contributed by atoms with van der Waals surface area (Å²) >= 11 is 18.0. The zero-order valence-electron chi connectivity index (χ0n) is 10.3. The predicted molar refractivity (Wildman–Crippen MR) is 83.0 cm³/mol. The standard InChI is InChI=1S/C15H14Cl3N/c16-8-11-4-6-12(7-5-11)9-19-10-13-14(17)2-1-3-15(13)18/h1-7,19H,8-10H2. The first-order valence-corrected chi connectivity index (χ1v) is 7.27. The van der Waals surface area contributed by atoms with Gasteiger partial charge in [-0.05, 0) is 23.3 Å². The second-order valence-corrected chi connectivity index (χ2v) is 5.34. The Morgan fingerprint density at radius 1 is 0.789 bits per heavy atom. The second kappa shape index (κ2) is 7.16. The molecule has 0 fully saturated rings. The van der Waals surface area contributed by atoms with E-state index in [1.165, 1.54) is 5.56 Å². The van der Waals surface area contributed by atoms with Crippen molar-refractivity contribution >= 4 is 34.8 Å². The van der Waals surface area contributed by atoms with E-state index >= 15 is 0 Å². The van der Waals surface area contributed by atoms with E-state index in [9.17, 15) is 0 Å². The van der Waals surface area contributed by atoms with E-state index in [-0.39, 0.29) is 0 Å². The average Bonchev–Trinajstić information content (AvgIpc) is 2.43. The van der Waals surface area contributed by atoms with Gasteiger partial charge in [0.2, 0.25) is 0 Å². The number of halogens is 3. The van der Waals surface area contributed by atoms with Crippen molar-refractivity contribution in [1.29, 1.82) is 0 Å². The number of benzene rings is 2. The van der Waals surface area contributed by atoms with Gasteiger partial charge in [-0.2, -0.15) is 0 Å². The molecule has 0 aliphatic carbocycles. The number of hydrogen-bond donors (Lipinski definition) is 1. The van der Waals surface area contributed by atoms with Crippen LogP contribution in [0.2, 0.25) is 10.0 Å². The van der Waals surface area contributed by atoms with E-state index in [1.54, 1.807) is 0 Å². The van der Waals surface area contributed by atoms with E-state index in [2.05, 4.69) is 17.4 Å². The molecule has 1 nitrogen and oxygen atoms in total. The lowest BCUT2D eigenvalue weighted by atomic mass is 10.1. The topological polar surface area (TPSA) is 12.0 Å². The summed E-state index contributed by atoms with van der Waals surface area (Å²) < 4.78 is 0. The van der Waals surface area contributed by atoms with Gasteiger partial charge in [0, 0.05) is 34.6 Å². The molecule has 0 unspecified atom stereocenters. The number of alkyl halides is 1. The van der Waals surface area contributed by atoms with E-state index in [0.717, 1.165) is 17.7 Å². The Morgan fingerprint density at radius 2 is 1.37 bits per heavy atom. The monoisotopic (exact) mass is 313 g/mol. The van der Waals surface area contributed by atoms with Crippen LogP contribution >= 0.6 is 34.8 Å². The van der Waals surface area contributed by atoms with Crippen LogP contribution in [0.5, 0.6) is 0 Å². The first-order chi connectivity index (χ1) is 9.20. The molecule has 1 N–H and O–H groups in total. The predicted octanol–water partition coefficient (Wildman–Crippen LogP) is 5.02. The maximum absolute atomic E-state index is 6.11.